The molecule has 0 bridgehead atoms. The van der Waals surface area contributed by atoms with Crippen LogP contribution in [0.1, 0.15) is 18.4 Å². The van der Waals surface area contributed by atoms with Crippen LogP contribution in [0.15, 0.2) is 30.3 Å². The van der Waals surface area contributed by atoms with Gasteiger partial charge in [-0.05, 0) is 5.56 Å². The summed E-state index contributed by atoms with van der Waals surface area (Å²) in [6.07, 6.45) is -0.984. The van der Waals surface area contributed by atoms with Gasteiger partial charge in [-0.2, -0.15) is 0 Å². The SMILES string of the molecule is O=C(O)CCC(=O)O[C@@H](CCl)COCc1ccccc1. The molecule has 6 heteroatoms. The number of rotatable bonds is 9. The fourth-order valence-electron chi connectivity index (χ4n) is 1.45. The number of alkyl halides is 1. The van der Waals surface area contributed by atoms with E-state index in [0.717, 1.165) is 5.56 Å². The van der Waals surface area contributed by atoms with Crippen LogP contribution < -0.4 is 0 Å². The lowest BCUT2D eigenvalue weighted by Crippen LogP contribution is -2.25. The topological polar surface area (TPSA) is 72.8 Å². The number of ether oxygens (including phenoxy) is 2. The average molecular weight is 301 g/mol. The first-order valence-electron chi connectivity index (χ1n) is 6.20. The zero-order valence-electron chi connectivity index (χ0n) is 11.0. The van der Waals surface area contributed by atoms with Gasteiger partial charge in [0.15, 0.2) is 0 Å². The molecule has 1 aromatic rings. The van der Waals surface area contributed by atoms with E-state index in [1.807, 2.05) is 30.3 Å². The Bertz CT molecular complexity index is 421. The Morgan fingerprint density at radius 1 is 1.20 bits per heavy atom. The summed E-state index contributed by atoms with van der Waals surface area (Å²) in [7, 11) is 0. The van der Waals surface area contributed by atoms with Crippen molar-refractivity contribution >= 4 is 23.5 Å². The van der Waals surface area contributed by atoms with E-state index < -0.39 is 18.0 Å². The molecule has 0 radical (unpaired) electrons. The fourth-order valence-corrected chi connectivity index (χ4v) is 1.60. The summed E-state index contributed by atoms with van der Waals surface area (Å²) in [5.74, 6) is -1.51. The van der Waals surface area contributed by atoms with E-state index >= 15 is 0 Å². The standard InChI is InChI=1S/C14H17ClO5/c15-8-12(20-14(18)7-6-13(16)17)10-19-9-11-4-2-1-3-5-11/h1-5,12H,6-10H2,(H,16,17)/t12-/m0/s1. The van der Waals surface area contributed by atoms with Crippen molar-refractivity contribution in [3.05, 3.63) is 35.9 Å². The summed E-state index contributed by atoms with van der Waals surface area (Å²) in [6, 6.07) is 9.58. The lowest BCUT2D eigenvalue weighted by atomic mass is 10.2. The van der Waals surface area contributed by atoms with Crippen LogP contribution >= 0.6 is 11.6 Å². The number of hydrogen-bond acceptors (Lipinski definition) is 4. The second kappa shape index (κ2) is 9.34. The van der Waals surface area contributed by atoms with Crippen molar-refractivity contribution in [1.82, 2.24) is 0 Å². The Kier molecular flexibility index (Phi) is 7.69. The summed E-state index contributed by atoms with van der Waals surface area (Å²) >= 11 is 5.68. The molecular weight excluding hydrogens is 284 g/mol. The molecule has 5 nitrogen and oxygen atoms in total. The quantitative estimate of drug-likeness (QED) is 0.559. The molecule has 20 heavy (non-hydrogen) atoms. The maximum atomic E-state index is 11.4. The molecular formula is C14H17ClO5. The fraction of sp³-hybridized carbons (Fsp3) is 0.429. The Morgan fingerprint density at radius 2 is 1.90 bits per heavy atom. The monoisotopic (exact) mass is 300 g/mol. The molecule has 0 fully saturated rings. The van der Waals surface area contributed by atoms with Gasteiger partial charge in [0.05, 0.1) is 31.9 Å². The maximum Gasteiger partial charge on any atom is 0.306 e. The molecule has 1 rings (SSSR count). The van der Waals surface area contributed by atoms with Gasteiger partial charge in [-0.15, -0.1) is 11.6 Å². The lowest BCUT2D eigenvalue weighted by Gasteiger charge is -2.15. The molecule has 1 atom stereocenters. The highest BCUT2D eigenvalue weighted by atomic mass is 35.5. The molecule has 0 heterocycles. The van der Waals surface area contributed by atoms with Crippen LogP contribution in [0.4, 0.5) is 0 Å². The van der Waals surface area contributed by atoms with Crippen molar-refractivity contribution in [3.63, 3.8) is 0 Å². The van der Waals surface area contributed by atoms with Crippen LogP contribution in [0.5, 0.6) is 0 Å². The van der Waals surface area contributed by atoms with Crippen molar-refractivity contribution in [3.8, 4) is 0 Å². The van der Waals surface area contributed by atoms with E-state index in [1.54, 1.807) is 0 Å². The summed E-state index contributed by atoms with van der Waals surface area (Å²) in [6.45, 7) is 0.581. The molecule has 0 unspecified atom stereocenters. The number of hydrogen-bond donors (Lipinski definition) is 1. The molecule has 0 aliphatic heterocycles. The zero-order chi connectivity index (χ0) is 14.8. The minimum Gasteiger partial charge on any atom is -0.481 e. The van der Waals surface area contributed by atoms with Gasteiger partial charge in [0, 0.05) is 0 Å². The van der Waals surface area contributed by atoms with Gasteiger partial charge >= 0.3 is 11.9 Å². The molecule has 110 valence electrons. The van der Waals surface area contributed by atoms with Gasteiger partial charge < -0.3 is 14.6 Å². The number of carboxylic acid groups (broad SMARTS) is 1. The number of aliphatic carboxylic acids is 1. The normalized spacial score (nSPS) is 11.8. The van der Waals surface area contributed by atoms with Crippen molar-refractivity contribution in [2.75, 3.05) is 12.5 Å². The van der Waals surface area contributed by atoms with Gasteiger partial charge in [0.1, 0.15) is 6.10 Å². The summed E-state index contributed by atoms with van der Waals surface area (Å²) < 4.78 is 10.5. The summed E-state index contributed by atoms with van der Waals surface area (Å²) in [5, 5.41) is 8.46. The number of esters is 1. The third kappa shape index (κ3) is 7.11. The number of benzene rings is 1. The predicted octanol–water partition coefficient (Wildman–Crippen LogP) is 2.22. The van der Waals surface area contributed by atoms with E-state index in [4.69, 9.17) is 26.2 Å². The molecule has 0 aliphatic carbocycles. The van der Waals surface area contributed by atoms with Gasteiger partial charge in [0.25, 0.3) is 0 Å². The van der Waals surface area contributed by atoms with E-state index in [0.29, 0.717) is 6.61 Å². The van der Waals surface area contributed by atoms with E-state index in [9.17, 15) is 9.59 Å². The number of carboxylic acids is 1. The molecule has 0 saturated carbocycles. The first-order valence-corrected chi connectivity index (χ1v) is 6.74. The Hall–Kier alpha value is -1.59. The molecule has 0 saturated heterocycles. The van der Waals surface area contributed by atoms with Crippen molar-refractivity contribution in [1.29, 1.82) is 0 Å². The number of carbonyl (C=O) groups is 2. The maximum absolute atomic E-state index is 11.4. The second-order valence-corrected chi connectivity index (χ2v) is 4.47. The van der Waals surface area contributed by atoms with Gasteiger partial charge in [-0.3, -0.25) is 9.59 Å². The minimum atomic E-state index is -1.04. The van der Waals surface area contributed by atoms with Crippen LogP contribution in [-0.4, -0.2) is 35.6 Å². The minimum absolute atomic E-state index is 0.105. The third-order valence-electron chi connectivity index (χ3n) is 2.43. The van der Waals surface area contributed by atoms with Crippen molar-refractivity contribution in [2.24, 2.45) is 0 Å². The Labute approximate surface area is 122 Å². The predicted molar refractivity (Wildman–Crippen MR) is 73.6 cm³/mol. The number of halogens is 1. The molecule has 1 N–H and O–H groups in total. The highest BCUT2D eigenvalue weighted by Crippen LogP contribution is 2.05. The first kappa shape index (κ1) is 16.5. The first-order chi connectivity index (χ1) is 9.61. The Balaban J connectivity index is 2.25. The Morgan fingerprint density at radius 3 is 2.50 bits per heavy atom. The van der Waals surface area contributed by atoms with E-state index in [1.165, 1.54) is 0 Å². The smallest absolute Gasteiger partial charge is 0.306 e. The van der Waals surface area contributed by atoms with Crippen molar-refractivity contribution in [2.45, 2.75) is 25.6 Å². The average Bonchev–Trinajstić information content (AvgIpc) is 2.45. The molecule has 0 aromatic heterocycles. The van der Waals surface area contributed by atoms with Crippen LogP contribution in [0.2, 0.25) is 0 Å². The summed E-state index contributed by atoms with van der Waals surface area (Å²) in [5.41, 5.74) is 1.01. The van der Waals surface area contributed by atoms with Crippen molar-refractivity contribution < 1.29 is 24.2 Å². The van der Waals surface area contributed by atoms with Gasteiger partial charge in [-0.1, -0.05) is 30.3 Å². The highest BCUT2D eigenvalue weighted by Gasteiger charge is 2.14. The summed E-state index contributed by atoms with van der Waals surface area (Å²) in [4.78, 5) is 21.7. The number of carbonyl (C=O) groups excluding carboxylic acids is 1. The molecule has 0 spiro atoms. The van der Waals surface area contributed by atoms with E-state index in [-0.39, 0.29) is 25.3 Å². The van der Waals surface area contributed by atoms with Crippen LogP contribution in [0.25, 0.3) is 0 Å². The van der Waals surface area contributed by atoms with E-state index in [2.05, 4.69) is 0 Å². The van der Waals surface area contributed by atoms with Gasteiger partial charge in [0.2, 0.25) is 0 Å². The molecule has 1 aromatic carbocycles. The van der Waals surface area contributed by atoms with Crippen LogP contribution in [-0.2, 0) is 25.7 Å². The van der Waals surface area contributed by atoms with Gasteiger partial charge in [-0.25, -0.2) is 0 Å². The highest BCUT2D eigenvalue weighted by molar-refractivity contribution is 6.18. The third-order valence-corrected chi connectivity index (χ3v) is 2.77. The second-order valence-electron chi connectivity index (χ2n) is 4.16. The van der Waals surface area contributed by atoms with Crippen LogP contribution in [0, 0.1) is 0 Å². The largest absolute Gasteiger partial charge is 0.481 e. The van der Waals surface area contributed by atoms with Crippen LogP contribution in [0.3, 0.4) is 0 Å². The zero-order valence-corrected chi connectivity index (χ0v) is 11.7. The molecule has 0 amide bonds. The molecule has 0 aliphatic rings. The lowest BCUT2D eigenvalue weighted by molar-refractivity contribution is -0.153.